The van der Waals surface area contributed by atoms with E-state index in [1.165, 1.54) is 0 Å². The number of rotatable bonds is 7. The van der Waals surface area contributed by atoms with E-state index >= 15 is 0 Å². The van der Waals surface area contributed by atoms with Crippen molar-refractivity contribution in [2.45, 2.75) is 20.3 Å². The molecule has 0 unspecified atom stereocenters. The van der Waals surface area contributed by atoms with Crippen LogP contribution in [0, 0.1) is 0 Å². The monoisotopic (exact) mass is 460 g/mol. The summed E-state index contributed by atoms with van der Waals surface area (Å²) in [7, 11) is 0. The standard InChI is InChI=1S/C22H25ClN4O3S/c1-3-10-30-19-17(23)12-15(13-18(19)29-4-2)22(28)27-8-6-26(7-9-27)20-16-5-11-31-21(16)25-14-24-20/h5,11-14H,3-4,6-10H2,1-2H3. The Labute approximate surface area is 190 Å². The van der Waals surface area contributed by atoms with Crippen LogP contribution >= 0.6 is 22.9 Å². The van der Waals surface area contributed by atoms with Gasteiger partial charge in [0.15, 0.2) is 11.5 Å². The number of carbonyl (C=O) groups excluding carboxylic acids is 1. The van der Waals surface area contributed by atoms with Gasteiger partial charge >= 0.3 is 0 Å². The van der Waals surface area contributed by atoms with Crippen molar-refractivity contribution >= 4 is 44.9 Å². The zero-order valence-corrected chi connectivity index (χ0v) is 19.2. The highest BCUT2D eigenvalue weighted by atomic mass is 35.5. The van der Waals surface area contributed by atoms with Crippen LogP contribution in [0.5, 0.6) is 11.5 Å². The lowest BCUT2D eigenvalue weighted by molar-refractivity contribution is 0.0746. The molecule has 3 heterocycles. The molecule has 0 N–H and O–H groups in total. The van der Waals surface area contributed by atoms with E-state index in [-0.39, 0.29) is 5.91 Å². The molecule has 1 fully saturated rings. The summed E-state index contributed by atoms with van der Waals surface area (Å²) in [6.45, 7) is 7.53. The number of carbonyl (C=O) groups is 1. The molecule has 9 heteroatoms. The van der Waals surface area contributed by atoms with Gasteiger partial charge in [0.05, 0.1) is 23.6 Å². The van der Waals surface area contributed by atoms with E-state index in [0.717, 1.165) is 22.5 Å². The minimum Gasteiger partial charge on any atom is -0.490 e. The van der Waals surface area contributed by atoms with E-state index in [0.29, 0.717) is 61.5 Å². The number of aromatic nitrogens is 2. The second-order valence-corrected chi connectivity index (χ2v) is 8.48. The van der Waals surface area contributed by atoms with Gasteiger partial charge in [0.25, 0.3) is 5.91 Å². The minimum absolute atomic E-state index is 0.0621. The number of halogens is 1. The van der Waals surface area contributed by atoms with E-state index in [1.807, 2.05) is 30.2 Å². The molecule has 0 radical (unpaired) electrons. The zero-order valence-electron chi connectivity index (χ0n) is 17.6. The second kappa shape index (κ2) is 9.70. The molecule has 0 aliphatic carbocycles. The summed E-state index contributed by atoms with van der Waals surface area (Å²) in [5, 5.41) is 3.47. The Balaban J connectivity index is 1.49. The molecule has 1 saturated heterocycles. The number of piperazine rings is 1. The Morgan fingerprint density at radius 1 is 1.16 bits per heavy atom. The lowest BCUT2D eigenvalue weighted by Crippen LogP contribution is -2.49. The molecule has 0 bridgehead atoms. The number of nitrogens with zero attached hydrogens (tertiary/aromatic N) is 4. The first-order valence-corrected chi connectivity index (χ1v) is 11.7. The molecule has 1 aliphatic heterocycles. The molecule has 1 aliphatic rings. The van der Waals surface area contributed by atoms with Crippen molar-refractivity contribution < 1.29 is 14.3 Å². The van der Waals surface area contributed by atoms with Crippen LogP contribution in [0.2, 0.25) is 5.02 Å². The Kier molecular flexibility index (Phi) is 6.77. The van der Waals surface area contributed by atoms with Crippen LogP contribution in [-0.2, 0) is 0 Å². The van der Waals surface area contributed by atoms with E-state index in [1.54, 1.807) is 29.8 Å². The molecule has 1 aromatic carbocycles. The van der Waals surface area contributed by atoms with Crippen molar-refractivity contribution in [1.29, 1.82) is 0 Å². The number of amides is 1. The quantitative estimate of drug-likeness (QED) is 0.517. The minimum atomic E-state index is -0.0621. The lowest BCUT2D eigenvalue weighted by atomic mass is 10.1. The largest absolute Gasteiger partial charge is 0.490 e. The number of fused-ring (bicyclic) bond motifs is 1. The molecule has 0 atom stereocenters. The van der Waals surface area contributed by atoms with Crippen molar-refractivity contribution in [3.8, 4) is 11.5 Å². The molecule has 0 saturated carbocycles. The second-order valence-electron chi connectivity index (χ2n) is 7.18. The van der Waals surface area contributed by atoms with Crippen molar-refractivity contribution in [3.63, 3.8) is 0 Å². The normalized spacial score (nSPS) is 14.2. The van der Waals surface area contributed by atoms with Crippen LogP contribution in [0.25, 0.3) is 10.2 Å². The Bertz CT molecular complexity index is 1070. The lowest BCUT2D eigenvalue weighted by Gasteiger charge is -2.35. The fourth-order valence-corrected chi connectivity index (χ4v) is 4.62. The fraction of sp³-hybridized carbons (Fsp3) is 0.409. The van der Waals surface area contributed by atoms with Crippen LogP contribution in [0.15, 0.2) is 29.9 Å². The molecule has 0 spiro atoms. The number of hydrogen-bond donors (Lipinski definition) is 0. The molecular formula is C22H25ClN4O3S. The highest BCUT2D eigenvalue weighted by molar-refractivity contribution is 7.16. The molecule has 4 rings (SSSR count). The van der Waals surface area contributed by atoms with Gasteiger partial charge in [-0.15, -0.1) is 11.3 Å². The Morgan fingerprint density at radius 3 is 2.71 bits per heavy atom. The third-order valence-electron chi connectivity index (χ3n) is 5.11. The topological polar surface area (TPSA) is 67.8 Å². The van der Waals surface area contributed by atoms with Gasteiger partial charge in [-0.25, -0.2) is 9.97 Å². The third kappa shape index (κ3) is 4.55. The van der Waals surface area contributed by atoms with Crippen molar-refractivity contribution in [1.82, 2.24) is 14.9 Å². The van der Waals surface area contributed by atoms with E-state index in [4.69, 9.17) is 21.1 Å². The molecule has 1 amide bonds. The summed E-state index contributed by atoms with van der Waals surface area (Å²) < 4.78 is 11.4. The number of anilines is 1. The Hall–Kier alpha value is -2.58. The fourth-order valence-electron chi connectivity index (χ4n) is 3.63. The van der Waals surface area contributed by atoms with Crippen LogP contribution in [-0.4, -0.2) is 60.2 Å². The number of ether oxygens (including phenoxy) is 2. The SMILES string of the molecule is CCCOc1c(Cl)cc(C(=O)N2CCN(c3ncnc4sccc34)CC2)cc1OCC. The number of hydrogen-bond acceptors (Lipinski definition) is 7. The molecule has 31 heavy (non-hydrogen) atoms. The van der Waals surface area contributed by atoms with Crippen molar-refractivity contribution in [2.24, 2.45) is 0 Å². The maximum atomic E-state index is 13.2. The first-order valence-electron chi connectivity index (χ1n) is 10.4. The third-order valence-corrected chi connectivity index (χ3v) is 6.22. The van der Waals surface area contributed by atoms with Gasteiger partial charge in [-0.1, -0.05) is 18.5 Å². The van der Waals surface area contributed by atoms with Gasteiger partial charge in [0, 0.05) is 31.7 Å². The average Bonchev–Trinajstić information content (AvgIpc) is 3.27. The first-order chi connectivity index (χ1) is 15.1. The zero-order chi connectivity index (χ0) is 21.8. The van der Waals surface area contributed by atoms with Gasteiger partial charge in [-0.05, 0) is 36.9 Å². The van der Waals surface area contributed by atoms with Gasteiger partial charge in [0.1, 0.15) is 17.0 Å². The summed E-state index contributed by atoms with van der Waals surface area (Å²) in [5.74, 6) is 1.87. The number of benzene rings is 1. The summed E-state index contributed by atoms with van der Waals surface area (Å²) in [6, 6.07) is 5.45. The highest BCUT2D eigenvalue weighted by Crippen LogP contribution is 2.37. The average molecular weight is 461 g/mol. The first kappa shape index (κ1) is 21.6. The van der Waals surface area contributed by atoms with Gasteiger partial charge in [-0.2, -0.15) is 0 Å². The highest BCUT2D eigenvalue weighted by Gasteiger charge is 2.26. The Morgan fingerprint density at radius 2 is 1.97 bits per heavy atom. The van der Waals surface area contributed by atoms with Crippen LogP contribution in [0.3, 0.4) is 0 Å². The summed E-state index contributed by atoms with van der Waals surface area (Å²) >= 11 is 8.04. The van der Waals surface area contributed by atoms with Crippen LogP contribution in [0.1, 0.15) is 30.6 Å². The van der Waals surface area contributed by atoms with Crippen LogP contribution in [0.4, 0.5) is 5.82 Å². The van der Waals surface area contributed by atoms with Gasteiger partial charge in [-0.3, -0.25) is 4.79 Å². The molecule has 2 aromatic heterocycles. The van der Waals surface area contributed by atoms with Crippen molar-refractivity contribution in [3.05, 3.63) is 40.5 Å². The van der Waals surface area contributed by atoms with Crippen LogP contribution < -0.4 is 14.4 Å². The number of thiophene rings is 1. The molecular weight excluding hydrogens is 436 g/mol. The maximum absolute atomic E-state index is 13.2. The molecule has 7 nitrogen and oxygen atoms in total. The maximum Gasteiger partial charge on any atom is 0.254 e. The molecule has 164 valence electrons. The predicted octanol–water partition coefficient (Wildman–Crippen LogP) is 4.49. The van der Waals surface area contributed by atoms with Gasteiger partial charge in [0.2, 0.25) is 0 Å². The van der Waals surface area contributed by atoms with Crippen molar-refractivity contribution in [2.75, 3.05) is 44.3 Å². The summed E-state index contributed by atoms with van der Waals surface area (Å²) in [6.07, 6.45) is 2.46. The van der Waals surface area contributed by atoms with E-state index in [2.05, 4.69) is 14.9 Å². The van der Waals surface area contributed by atoms with E-state index in [9.17, 15) is 4.79 Å². The smallest absolute Gasteiger partial charge is 0.254 e. The van der Waals surface area contributed by atoms with E-state index < -0.39 is 0 Å². The predicted molar refractivity (Wildman–Crippen MR) is 124 cm³/mol. The van der Waals surface area contributed by atoms with Gasteiger partial charge < -0.3 is 19.3 Å². The summed E-state index contributed by atoms with van der Waals surface area (Å²) in [5.41, 5.74) is 0.507. The summed E-state index contributed by atoms with van der Waals surface area (Å²) in [4.78, 5) is 27.0. The molecule has 3 aromatic rings.